The molecule has 0 radical (unpaired) electrons. The van der Waals surface area contributed by atoms with Gasteiger partial charge in [0, 0.05) is 11.3 Å². The molecule has 0 aliphatic heterocycles. The lowest BCUT2D eigenvalue weighted by molar-refractivity contribution is 0.601. The number of hydrogen-bond acceptors (Lipinski definition) is 3. The van der Waals surface area contributed by atoms with E-state index in [9.17, 15) is 8.42 Å². The maximum absolute atomic E-state index is 12.5. The third kappa shape index (κ3) is 3.16. The van der Waals surface area contributed by atoms with E-state index in [4.69, 9.17) is 11.6 Å². The molecule has 0 bridgehead atoms. The number of anilines is 1. The largest absolute Gasteiger partial charge is 0.338 e. The van der Waals surface area contributed by atoms with Gasteiger partial charge in [0.2, 0.25) is 0 Å². The number of aromatic amines is 1. The summed E-state index contributed by atoms with van der Waals surface area (Å²) in [7, 11) is -3.67. The zero-order chi connectivity index (χ0) is 18.1. The van der Waals surface area contributed by atoms with Gasteiger partial charge in [-0.2, -0.15) is 0 Å². The Hall–Kier alpha value is -2.83. The summed E-state index contributed by atoms with van der Waals surface area (Å²) in [6.45, 7) is 0. The first kappa shape index (κ1) is 16.6. The average molecular weight is 384 g/mol. The van der Waals surface area contributed by atoms with Crippen molar-refractivity contribution in [2.45, 2.75) is 4.90 Å². The topological polar surface area (TPSA) is 74.8 Å². The molecule has 0 spiro atoms. The second-order valence-corrected chi connectivity index (χ2v) is 7.81. The molecule has 4 rings (SSSR count). The molecule has 2 N–H and O–H groups in total. The standard InChI is InChI=1S/C19H14ClN3O2S/c20-16-11-10-13(23-26(24,25)14-6-2-1-3-7-14)12-15(16)19-21-17-8-4-5-9-18(17)22-19/h1-12,23H,(H,21,22). The second-order valence-electron chi connectivity index (χ2n) is 5.72. The molecule has 1 aromatic heterocycles. The van der Waals surface area contributed by atoms with Crippen molar-refractivity contribution in [3.63, 3.8) is 0 Å². The van der Waals surface area contributed by atoms with E-state index in [-0.39, 0.29) is 4.90 Å². The molecule has 4 aromatic rings. The molecule has 26 heavy (non-hydrogen) atoms. The molecule has 0 amide bonds. The highest BCUT2D eigenvalue weighted by Crippen LogP contribution is 2.31. The van der Waals surface area contributed by atoms with Gasteiger partial charge in [-0.05, 0) is 42.5 Å². The Labute approximate surface area is 155 Å². The van der Waals surface area contributed by atoms with Gasteiger partial charge in [-0.25, -0.2) is 13.4 Å². The van der Waals surface area contributed by atoms with E-state index in [2.05, 4.69) is 14.7 Å². The van der Waals surface area contributed by atoms with Crippen LogP contribution in [0, 0.1) is 0 Å². The maximum Gasteiger partial charge on any atom is 0.261 e. The van der Waals surface area contributed by atoms with Gasteiger partial charge in [0.25, 0.3) is 10.0 Å². The van der Waals surface area contributed by atoms with Crippen molar-refractivity contribution in [1.82, 2.24) is 9.97 Å². The van der Waals surface area contributed by atoms with Crippen LogP contribution in [0.25, 0.3) is 22.4 Å². The van der Waals surface area contributed by atoms with Crippen LogP contribution in [0.2, 0.25) is 5.02 Å². The Morgan fingerprint density at radius 1 is 0.923 bits per heavy atom. The minimum absolute atomic E-state index is 0.195. The van der Waals surface area contributed by atoms with Crippen molar-refractivity contribution in [1.29, 1.82) is 0 Å². The predicted octanol–water partition coefficient (Wildman–Crippen LogP) is 4.68. The molecule has 1 heterocycles. The molecule has 0 aliphatic carbocycles. The molecule has 0 unspecified atom stereocenters. The number of rotatable bonds is 4. The van der Waals surface area contributed by atoms with Crippen LogP contribution < -0.4 is 4.72 Å². The molecular weight excluding hydrogens is 370 g/mol. The normalized spacial score (nSPS) is 11.6. The fourth-order valence-corrected chi connectivity index (χ4v) is 3.94. The first-order valence-electron chi connectivity index (χ1n) is 7.85. The van der Waals surface area contributed by atoms with E-state index in [1.807, 2.05) is 24.3 Å². The summed E-state index contributed by atoms with van der Waals surface area (Å²) in [4.78, 5) is 7.92. The van der Waals surface area contributed by atoms with Crippen LogP contribution in [0.3, 0.4) is 0 Å². The SMILES string of the molecule is O=S(=O)(Nc1ccc(Cl)c(-c2nc3ccccc3[nH]2)c1)c1ccccc1. The van der Waals surface area contributed by atoms with Crippen LogP contribution in [0.4, 0.5) is 5.69 Å². The van der Waals surface area contributed by atoms with Gasteiger partial charge in [-0.1, -0.05) is 41.9 Å². The van der Waals surface area contributed by atoms with Crippen LogP contribution in [-0.2, 0) is 10.0 Å². The molecule has 0 fully saturated rings. The lowest BCUT2D eigenvalue weighted by atomic mass is 10.2. The molecule has 7 heteroatoms. The van der Waals surface area contributed by atoms with Crippen molar-refractivity contribution < 1.29 is 8.42 Å². The third-order valence-electron chi connectivity index (χ3n) is 3.92. The summed E-state index contributed by atoms with van der Waals surface area (Å²) in [5, 5.41) is 0.478. The van der Waals surface area contributed by atoms with Crippen molar-refractivity contribution in [2.24, 2.45) is 0 Å². The first-order chi connectivity index (χ1) is 12.5. The summed E-state index contributed by atoms with van der Waals surface area (Å²) >= 11 is 6.31. The minimum atomic E-state index is -3.67. The highest BCUT2D eigenvalue weighted by atomic mass is 35.5. The summed E-state index contributed by atoms with van der Waals surface area (Å²) < 4.78 is 27.6. The van der Waals surface area contributed by atoms with Crippen molar-refractivity contribution >= 4 is 38.3 Å². The van der Waals surface area contributed by atoms with Crippen molar-refractivity contribution in [2.75, 3.05) is 4.72 Å². The Kier molecular flexibility index (Phi) is 4.14. The number of aromatic nitrogens is 2. The van der Waals surface area contributed by atoms with E-state index in [0.29, 0.717) is 22.1 Å². The lowest BCUT2D eigenvalue weighted by Gasteiger charge is -2.10. The molecule has 0 saturated carbocycles. The minimum Gasteiger partial charge on any atom is -0.338 e. The highest BCUT2D eigenvalue weighted by Gasteiger charge is 2.16. The summed E-state index contributed by atoms with van der Waals surface area (Å²) in [6.07, 6.45) is 0. The smallest absolute Gasteiger partial charge is 0.261 e. The van der Waals surface area contributed by atoms with Gasteiger partial charge in [0.15, 0.2) is 0 Å². The monoisotopic (exact) mass is 383 g/mol. The van der Waals surface area contributed by atoms with Gasteiger partial charge in [0.05, 0.1) is 21.0 Å². The second kappa shape index (κ2) is 6.48. The lowest BCUT2D eigenvalue weighted by Crippen LogP contribution is -2.12. The van der Waals surface area contributed by atoms with Gasteiger partial charge < -0.3 is 4.98 Å². The number of imidazole rings is 1. The number of nitrogens with one attached hydrogen (secondary N) is 2. The molecule has 0 atom stereocenters. The van der Waals surface area contributed by atoms with Gasteiger partial charge in [-0.3, -0.25) is 4.72 Å². The molecule has 3 aromatic carbocycles. The number of sulfonamides is 1. The molecule has 130 valence electrons. The van der Waals surface area contributed by atoms with E-state index in [1.54, 1.807) is 48.5 Å². The average Bonchev–Trinajstić information content (AvgIpc) is 3.08. The number of para-hydroxylation sites is 2. The number of nitrogens with zero attached hydrogens (tertiary/aromatic N) is 1. The van der Waals surface area contributed by atoms with Crippen molar-refractivity contribution in [3.8, 4) is 11.4 Å². The fraction of sp³-hybridized carbons (Fsp3) is 0. The van der Waals surface area contributed by atoms with Crippen LogP contribution in [0.15, 0.2) is 77.7 Å². The summed E-state index contributed by atoms with van der Waals surface area (Å²) in [5.41, 5.74) is 2.73. The van der Waals surface area contributed by atoms with Gasteiger partial charge >= 0.3 is 0 Å². The zero-order valence-corrected chi connectivity index (χ0v) is 15.1. The molecule has 5 nitrogen and oxygen atoms in total. The van der Waals surface area contributed by atoms with E-state index >= 15 is 0 Å². The van der Waals surface area contributed by atoms with Crippen LogP contribution >= 0.6 is 11.6 Å². The third-order valence-corrected chi connectivity index (χ3v) is 5.64. The number of hydrogen-bond donors (Lipinski definition) is 2. The van der Waals surface area contributed by atoms with Gasteiger partial charge in [-0.15, -0.1) is 0 Å². The Bertz CT molecular complexity index is 1150. The maximum atomic E-state index is 12.5. The molecular formula is C19H14ClN3O2S. The van der Waals surface area contributed by atoms with E-state index in [1.165, 1.54) is 0 Å². The quantitative estimate of drug-likeness (QED) is 0.537. The molecule has 0 saturated heterocycles. The fourth-order valence-electron chi connectivity index (χ4n) is 2.66. The summed E-state index contributed by atoms with van der Waals surface area (Å²) in [6, 6.07) is 20.8. The number of halogens is 1. The summed E-state index contributed by atoms with van der Waals surface area (Å²) in [5.74, 6) is 0.581. The van der Waals surface area contributed by atoms with Crippen LogP contribution in [-0.4, -0.2) is 18.4 Å². The Morgan fingerprint density at radius 3 is 2.42 bits per heavy atom. The zero-order valence-electron chi connectivity index (χ0n) is 13.5. The molecule has 0 aliphatic rings. The number of fused-ring (bicyclic) bond motifs is 1. The Morgan fingerprint density at radius 2 is 1.65 bits per heavy atom. The van der Waals surface area contributed by atoms with Crippen molar-refractivity contribution in [3.05, 3.63) is 77.8 Å². The van der Waals surface area contributed by atoms with Crippen LogP contribution in [0.1, 0.15) is 0 Å². The number of H-pyrrole nitrogens is 1. The number of benzene rings is 3. The predicted molar refractivity (Wildman–Crippen MR) is 104 cm³/mol. The van der Waals surface area contributed by atoms with E-state index in [0.717, 1.165) is 11.0 Å². The van der Waals surface area contributed by atoms with E-state index < -0.39 is 10.0 Å². The Balaban J connectivity index is 1.73. The highest BCUT2D eigenvalue weighted by molar-refractivity contribution is 7.92. The first-order valence-corrected chi connectivity index (χ1v) is 9.71. The van der Waals surface area contributed by atoms with Crippen LogP contribution in [0.5, 0.6) is 0 Å². The van der Waals surface area contributed by atoms with Gasteiger partial charge in [0.1, 0.15) is 5.82 Å².